The Labute approximate surface area is 164 Å². The normalized spacial score (nSPS) is 17.9. The highest BCUT2D eigenvalue weighted by atomic mass is 32.1. The van der Waals surface area contributed by atoms with Crippen LogP contribution < -0.4 is 11.0 Å². The van der Waals surface area contributed by atoms with Gasteiger partial charge in [0, 0.05) is 9.75 Å². The van der Waals surface area contributed by atoms with E-state index in [0.29, 0.717) is 11.3 Å². The number of carbonyl (C=O) groups is 1. The average molecular weight is 401 g/mol. The van der Waals surface area contributed by atoms with Crippen molar-refractivity contribution in [2.45, 2.75) is 39.2 Å². The minimum absolute atomic E-state index is 0.142. The first kappa shape index (κ1) is 18.1. The molecule has 3 heterocycles. The van der Waals surface area contributed by atoms with E-state index in [0.717, 1.165) is 34.5 Å². The van der Waals surface area contributed by atoms with Crippen LogP contribution in [0.15, 0.2) is 33.7 Å². The number of hydrogen-bond donors (Lipinski definition) is 1. The number of amides is 1. The van der Waals surface area contributed by atoms with Gasteiger partial charge in [-0.2, -0.15) is 5.10 Å². The molecule has 0 aromatic carbocycles. The smallest absolute Gasteiger partial charge is 0.263 e. The lowest BCUT2D eigenvalue weighted by Gasteiger charge is -2.18. The molecule has 6 nitrogen and oxygen atoms in total. The molecular weight excluding hydrogens is 380 g/mol. The molecule has 0 fully saturated rings. The minimum atomic E-state index is -0.687. The fourth-order valence-electron chi connectivity index (χ4n) is 3.36. The summed E-state index contributed by atoms with van der Waals surface area (Å²) in [5.41, 5.74) is 3.50. The summed E-state index contributed by atoms with van der Waals surface area (Å²) in [4.78, 5) is 32.9. The average Bonchev–Trinajstić information content (AvgIpc) is 3.28. The van der Waals surface area contributed by atoms with Crippen LogP contribution in [0.5, 0.6) is 0 Å². The third-order valence-corrected chi connectivity index (χ3v) is 6.92. The maximum absolute atomic E-state index is 13.1. The molecule has 2 atom stereocenters. The van der Waals surface area contributed by atoms with Crippen molar-refractivity contribution < 1.29 is 4.79 Å². The van der Waals surface area contributed by atoms with Crippen molar-refractivity contribution in [3.8, 4) is 0 Å². The molecule has 0 spiro atoms. The van der Waals surface area contributed by atoms with Gasteiger partial charge in [-0.1, -0.05) is 13.0 Å². The second-order valence-corrected chi connectivity index (χ2v) is 8.98. The van der Waals surface area contributed by atoms with Crippen LogP contribution in [0.2, 0.25) is 0 Å². The first-order valence-corrected chi connectivity index (χ1v) is 10.6. The molecule has 0 saturated heterocycles. The van der Waals surface area contributed by atoms with Crippen molar-refractivity contribution in [3.63, 3.8) is 0 Å². The zero-order chi connectivity index (χ0) is 19.0. The first-order chi connectivity index (χ1) is 13.0. The number of aryl methyl sites for hydroxylation is 1. The van der Waals surface area contributed by atoms with Crippen molar-refractivity contribution in [2.24, 2.45) is 11.0 Å². The van der Waals surface area contributed by atoms with Crippen LogP contribution >= 0.6 is 22.7 Å². The summed E-state index contributed by atoms with van der Waals surface area (Å²) in [6, 6.07) is 3.14. The number of thiophene rings is 2. The summed E-state index contributed by atoms with van der Waals surface area (Å²) in [7, 11) is 0. The van der Waals surface area contributed by atoms with Gasteiger partial charge in [-0.15, -0.1) is 22.7 Å². The number of hydrogen-bond acceptors (Lipinski definition) is 6. The van der Waals surface area contributed by atoms with Gasteiger partial charge >= 0.3 is 0 Å². The molecule has 4 rings (SSSR count). The Bertz CT molecular complexity index is 1070. The molecule has 3 aromatic heterocycles. The van der Waals surface area contributed by atoms with Crippen LogP contribution in [0.25, 0.3) is 10.2 Å². The van der Waals surface area contributed by atoms with E-state index in [1.165, 1.54) is 27.1 Å². The third kappa shape index (κ3) is 3.46. The van der Waals surface area contributed by atoms with Crippen molar-refractivity contribution in [1.82, 2.24) is 15.0 Å². The zero-order valence-corrected chi connectivity index (χ0v) is 16.8. The molecular formula is C19H20N4O2S2. The van der Waals surface area contributed by atoms with Crippen LogP contribution in [-0.4, -0.2) is 21.7 Å². The van der Waals surface area contributed by atoms with Gasteiger partial charge in [0.1, 0.15) is 10.9 Å². The number of nitrogens with one attached hydrogen (secondary N) is 1. The number of hydrazone groups is 1. The van der Waals surface area contributed by atoms with Crippen LogP contribution in [0.1, 0.15) is 41.6 Å². The highest BCUT2D eigenvalue weighted by molar-refractivity contribution is 7.18. The Kier molecular flexibility index (Phi) is 4.92. The summed E-state index contributed by atoms with van der Waals surface area (Å²) in [6.07, 6.45) is 6.06. The van der Waals surface area contributed by atoms with Crippen LogP contribution in [0.4, 0.5) is 0 Å². The first-order valence-electron chi connectivity index (χ1n) is 8.92. The summed E-state index contributed by atoms with van der Waals surface area (Å²) in [6.45, 7) is 3.92. The van der Waals surface area contributed by atoms with E-state index in [1.807, 2.05) is 17.5 Å². The predicted molar refractivity (Wildman–Crippen MR) is 110 cm³/mol. The Morgan fingerprint density at radius 2 is 2.37 bits per heavy atom. The quantitative estimate of drug-likeness (QED) is 0.539. The van der Waals surface area contributed by atoms with E-state index in [2.05, 4.69) is 22.4 Å². The Morgan fingerprint density at radius 3 is 3.15 bits per heavy atom. The van der Waals surface area contributed by atoms with E-state index in [9.17, 15) is 9.59 Å². The van der Waals surface area contributed by atoms with Gasteiger partial charge in [0.2, 0.25) is 0 Å². The second kappa shape index (κ2) is 7.36. The monoisotopic (exact) mass is 400 g/mol. The maximum Gasteiger partial charge on any atom is 0.263 e. The highest BCUT2D eigenvalue weighted by Gasteiger charge is 2.25. The van der Waals surface area contributed by atoms with Gasteiger partial charge < -0.3 is 0 Å². The van der Waals surface area contributed by atoms with E-state index in [-0.39, 0.29) is 11.5 Å². The molecule has 1 N–H and O–H groups in total. The molecule has 1 aliphatic rings. The molecule has 0 saturated carbocycles. The lowest BCUT2D eigenvalue weighted by atomic mass is 9.89. The van der Waals surface area contributed by atoms with Crippen molar-refractivity contribution >= 4 is 45.0 Å². The van der Waals surface area contributed by atoms with Crippen molar-refractivity contribution in [2.75, 3.05) is 0 Å². The summed E-state index contributed by atoms with van der Waals surface area (Å²) >= 11 is 3.14. The number of nitrogens with zero attached hydrogens (tertiary/aromatic N) is 3. The standard InChI is InChI=1S/C19H20N4O2S2/c1-11-5-6-14-15(8-11)27-18-16(14)19(25)23(10-20-18)12(2)17(24)22-21-9-13-4-3-7-26-13/h3-4,7,9-12H,5-6,8H2,1-2H3,(H,22,24)/b21-9-/t11-,12-/m0/s1. The number of carbonyl (C=O) groups excluding carboxylic acids is 1. The number of rotatable bonds is 4. The molecule has 0 aliphatic heterocycles. The van der Waals surface area contributed by atoms with Gasteiger partial charge in [-0.25, -0.2) is 10.4 Å². The van der Waals surface area contributed by atoms with E-state index in [1.54, 1.807) is 24.5 Å². The fraction of sp³-hybridized carbons (Fsp3) is 0.368. The largest absolute Gasteiger partial charge is 0.286 e. The maximum atomic E-state index is 13.1. The van der Waals surface area contributed by atoms with Gasteiger partial charge in [0.05, 0.1) is 17.9 Å². The number of fused-ring (bicyclic) bond motifs is 3. The Morgan fingerprint density at radius 1 is 1.52 bits per heavy atom. The summed E-state index contributed by atoms with van der Waals surface area (Å²) in [5.74, 6) is 0.294. The summed E-state index contributed by atoms with van der Waals surface area (Å²) in [5, 5.41) is 6.60. The highest BCUT2D eigenvalue weighted by Crippen LogP contribution is 2.35. The van der Waals surface area contributed by atoms with Crippen LogP contribution in [0, 0.1) is 5.92 Å². The molecule has 1 amide bonds. The number of aromatic nitrogens is 2. The molecule has 0 bridgehead atoms. The lowest BCUT2D eigenvalue weighted by Crippen LogP contribution is -2.34. The molecule has 140 valence electrons. The van der Waals surface area contributed by atoms with Crippen LogP contribution in [0.3, 0.4) is 0 Å². The van der Waals surface area contributed by atoms with Crippen molar-refractivity contribution in [3.05, 3.63) is 49.5 Å². The molecule has 8 heteroatoms. The van der Waals surface area contributed by atoms with E-state index < -0.39 is 6.04 Å². The van der Waals surface area contributed by atoms with Gasteiger partial charge in [0.25, 0.3) is 11.5 Å². The predicted octanol–water partition coefficient (Wildman–Crippen LogP) is 3.36. The van der Waals surface area contributed by atoms with Crippen LogP contribution in [-0.2, 0) is 17.6 Å². The molecule has 1 aliphatic carbocycles. The van der Waals surface area contributed by atoms with E-state index >= 15 is 0 Å². The Balaban J connectivity index is 1.60. The molecule has 0 unspecified atom stereocenters. The second-order valence-electron chi connectivity index (χ2n) is 6.91. The fourth-order valence-corrected chi connectivity index (χ4v) is 5.29. The zero-order valence-electron chi connectivity index (χ0n) is 15.1. The van der Waals surface area contributed by atoms with Gasteiger partial charge in [0.15, 0.2) is 0 Å². The van der Waals surface area contributed by atoms with Gasteiger partial charge in [-0.3, -0.25) is 14.2 Å². The SMILES string of the molecule is C[C@H]1CCc2c(sc3ncn([C@@H](C)C(=O)N/N=C\c4cccs4)c(=O)c23)C1. The molecule has 0 radical (unpaired) electrons. The summed E-state index contributed by atoms with van der Waals surface area (Å²) < 4.78 is 1.41. The van der Waals surface area contributed by atoms with Crippen molar-refractivity contribution in [1.29, 1.82) is 0 Å². The Hall–Kier alpha value is -2.32. The topological polar surface area (TPSA) is 76.3 Å². The third-order valence-electron chi connectivity index (χ3n) is 4.95. The van der Waals surface area contributed by atoms with Gasteiger partial charge in [-0.05, 0) is 49.1 Å². The minimum Gasteiger partial charge on any atom is -0.286 e. The van der Waals surface area contributed by atoms with E-state index in [4.69, 9.17) is 0 Å². The molecule has 3 aromatic rings. The lowest BCUT2D eigenvalue weighted by molar-refractivity contribution is -0.123. The molecule has 27 heavy (non-hydrogen) atoms.